The number of nitrogens with zero attached hydrogens (tertiary/aromatic N) is 2. The third kappa shape index (κ3) is 4.07. The van der Waals surface area contributed by atoms with E-state index in [0.29, 0.717) is 19.1 Å². The number of para-hydroxylation sites is 1. The minimum Gasteiger partial charge on any atom is -0.492 e. The number of hydrogen-bond acceptors (Lipinski definition) is 4. The van der Waals surface area contributed by atoms with Crippen molar-refractivity contribution in [3.8, 4) is 11.8 Å². The average Bonchev–Trinajstić information content (AvgIpc) is 3.36. The summed E-state index contributed by atoms with van der Waals surface area (Å²) in [6.45, 7) is 3.67. The zero-order valence-corrected chi connectivity index (χ0v) is 14.2. The number of rotatable bonds is 7. The van der Waals surface area contributed by atoms with Gasteiger partial charge in [-0.25, -0.2) is 0 Å². The number of likely N-dealkylation sites (tertiary alicyclic amines) is 1. The summed E-state index contributed by atoms with van der Waals surface area (Å²) in [5.41, 5.74) is -0.715. The lowest BCUT2D eigenvalue weighted by molar-refractivity contribution is -0.124. The monoisotopic (exact) mass is 327 g/mol. The van der Waals surface area contributed by atoms with Crippen molar-refractivity contribution in [2.24, 2.45) is 5.92 Å². The second-order valence-electron chi connectivity index (χ2n) is 7.03. The first kappa shape index (κ1) is 16.8. The normalized spacial score (nSPS) is 23.2. The Morgan fingerprint density at radius 2 is 2.12 bits per heavy atom. The van der Waals surface area contributed by atoms with E-state index < -0.39 is 5.54 Å². The van der Waals surface area contributed by atoms with Crippen LogP contribution in [-0.2, 0) is 4.79 Å². The van der Waals surface area contributed by atoms with Gasteiger partial charge in [0.05, 0.1) is 12.6 Å². The highest BCUT2D eigenvalue weighted by molar-refractivity contribution is 5.79. The number of carbonyl (C=O) groups is 1. The van der Waals surface area contributed by atoms with Crippen molar-refractivity contribution in [2.75, 3.05) is 19.7 Å². The maximum atomic E-state index is 12.4. The molecule has 1 N–H and O–H groups in total. The second-order valence-corrected chi connectivity index (χ2v) is 7.03. The van der Waals surface area contributed by atoms with Gasteiger partial charge in [0.2, 0.25) is 5.91 Å². The Labute approximate surface area is 143 Å². The minimum absolute atomic E-state index is 0.0578. The molecule has 0 spiro atoms. The Bertz CT molecular complexity index is 609. The first-order valence-corrected chi connectivity index (χ1v) is 8.75. The standard InChI is InChI=1S/C19H25N3O2/c1-19(14-20,15-9-10-15)21-18(23)12-22-11-5-6-16(22)13-24-17-7-3-2-4-8-17/h2-4,7-8,15-16H,5-6,9-13H2,1H3,(H,21,23)/t16-,19+/m1/s1. The molecule has 1 aliphatic heterocycles. The summed E-state index contributed by atoms with van der Waals surface area (Å²) in [5, 5.41) is 12.3. The molecule has 1 amide bonds. The molecule has 0 unspecified atom stereocenters. The number of benzene rings is 1. The van der Waals surface area contributed by atoms with Crippen LogP contribution in [0.15, 0.2) is 30.3 Å². The lowest BCUT2D eigenvalue weighted by Crippen LogP contribution is -2.51. The number of hydrogen-bond donors (Lipinski definition) is 1. The lowest BCUT2D eigenvalue weighted by atomic mass is 9.98. The molecule has 1 aliphatic carbocycles. The molecule has 0 aromatic heterocycles. The lowest BCUT2D eigenvalue weighted by Gasteiger charge is -2.27. The molecule has 5 heteroatoms. The molecule has 0 radical (unpaired) electrons. The van der Waals surface area contributed by atoms with Crippen LogP contribution < -0.4 is 10.1 Å². The highest BCUT2D eigenvalue weighted by Crippen LogP contribution is 2.39. The summed E-state index contributed by atoms with van der Waals surface area (Å²) in [6.07, 6.45) is 4.18. The Balaban J connectivity index is 1.50. The average molecular weight is 327 g/mol. The van der Waals surface area contributed by atoms with Crippen molar-refractivity contribution < 1.29 is 9.53 Å². The summed E-state index contributed by atoms with van der Waals surface area (Å²) in [6, 6.07) is 12.3. The van der Waals surface area contributed by atoms with Crippen LogP contribution in [0, 0.1) is 17.2 Å². The molecule has 3 rings (SSSR count). The van der Waals surface area contributed by atoms with E-state index in [1.165, 1.54) is 0 Å². The summed E-state index contributed by atoms with van der Waals surface area (Å²) in [4.78, 5) is 14.6. The van der Waals surface area contributed by atoms with E-state index in [0.717, 1.165) is 38.0 Å². The van der Waals surface area contributed by atoms with Gasteiger partial charge in [-0.1, -0.05) is 18.2 Å². The van der Waals surface area contributed by atoms with Gasteiger partial charge in [0.1, 0.15) is 17.9 Å². The van der Waals surface area contributed by atoms with Crippen LogP contribution in [0.3, 0.4) is 0 Å². The molecule has 1 saturated carbocycles. The molecule has 1 aromatic rings. The number of ether oxygens (including phenoxy) is 1. The predicted molar refractivity (Wildman–Crippen MR) is 91.4 cm³/mol. The maximum Gasteiger partial charge on any atom is 0.235 e. The molecular formula is C19H25N3O2. The second kappa shape index (κ2) is 7.23. The van der Waals surface area contributed by atoms with Crippen molar-refractivity contribution in [1.82, 2.24) is 10.2 Å². The number of amides is 1. The van der Waals surface area contributed by atoms with Gasteiger partial charge in [-0.05, 0) is 57.2 Å². The van der Waals surface area contributed by atoms with Crippen LogP contribution >= 0.6 is 0 Å². The fourth-order valence-electron chi connectivity index (χ4n) is 3.40. The van der Waals surface area contributed by atoms with Crippen molar-refractivity contribution in [3.05, 3.63) is 30.3 Å². The van der Waals surface area contributed by atoms with Crippen LogP contribution in [0.4, 0.5) is 0 Å². The molecule has 1 heterocycles. The van der Waals surface area contributed by atoms with Crippen LogP contribution in [0.5, 0.6) is 5.75 Å². The third-order valence-electron chi connectivity index (χ3n) is 5.06. The van der Waals surface area contributed by atoms with Crippen LogP contribution in [0.25, 0.3) is 0 Å². The number of nitriles is 1. The van der Waals surface area contributed by atoms with E-state index in [9.17, 15) is 10.1 Å². The highest BCUT2D eigenvalue weighted by Gasteiger charge is 2.43. The van der Waals surface area contributed by atoms with E-state index in [4.69, 9.17) is 4.74 Å². The molecule has 0 bridgehead atoms. The highest BCUT2D eigenvalue weighted by atomic mass is 16.5. The summed E-state index contributed by atoms with van der Waals surface area (Å²) in [5.74, 6) is 1.11. The van der Waals surface area contributed by atoms with Crippen LogP contribution in [0.2, 0.25) is 0 Å². The van der Waals surface area contributed by atoms with E-state index in [1.54, 1.807) is 0 Å². The van der Waals surface area contributed by atoms with E-state index >= 15 is 0 Å². The largest absolute Gasteiger partial charge is 0.492 e. The molecule has 24 heavy (non-hydrogen) atoms. The van der Waals surface area contributed by atoms with Gasteiger partial charge < -0.3 is 10.1 Å². The number of nitrogens with one attached hydrogen (secondary N) is 1. The van der Waals surface area contributed by atoms with E-state index in [1.807, 2.05) is 37.3 Å². The predicted octanol–water partition coefficient (Wildman–Crippen LogP) is 2.34. The number of carbonyl (C=O) groups excluding carboxylic acids is 1. The molecule has 5 nitrogen and oxygen atoms in total. The van der Waals surface area contributed by atoms with Crippen LogP contribution in [-0.4, -0.2) is 42.1 Å². The van der Waals surface area contributed by atoms with Crippen LogP contribution in [0.1, 0.15) is 32.6 Å². The van der Waals surface area contributed by atoms with Gasteiger partial charge in [-0.2, -0.15) is 5.26 Å². The SMILES string of the molecule is C[C@@](C#N)(NC(=O)CN1CCC[C@@H]1COc1ccccc1)C1CC1. The van der Waals surface area contributed by atoms with Gasteiger partial charge in [0.15, 0.2) is 0 Å². The minimum atomic E-state index is -0.715. The zero-order chi connectivity index (χ0) is 17.0. The van der Waals surface area contributed by atoms with Gasteiger partial charge in [0, 0.05) is 6.04 Å². The molecule has 2 aliphatic rings. The van der Waals surface area contributed by atoms with Gasteiger partial charge in [-0.15, -0.1) is 0 Å². The van der Waals surface area contributed by atoms with E-state index in [2.05, 4.69) is 16.3 Å². The fraction of sp³-hybridized carbons (Fsp3) is 0.579. The Kier molecular flexibility index (Phi) is 5.06. The fourth-order valence-corrected chi connectivity index (χ4v) is 3.40. The third-order valence-corrected chi connectivity index (χ3v) is 5.06. The summed E-state index contributed by atoms with van der Waals surface area (Å²) < 4.78 is 5.85. The van der Waals surface area contributed by atoms with Crippen molar-refractivity contribution in [2.45, 2.75) is 44.2 Å². The molecule has 128 valence electrons. The molecule has 1 saturated heterocycles. The van der Waals surface area contributed by atoms with Crippen molar-refractivity contribution in [1.29, 1.82) is 5.26 Å². The summed E-state index contributed by atoms with van der Waals surface area (Å²) >= 11 is 0. The van der Waals surface area contributed by atoms with E-state index in [-0.39, 0.29) is 11.9 Å². The topological polar surface area (TPSA) is 65.4 Å². The van der Waals surface area contributed by atoms with Crippen molar-refractivity contribution in [3.63, 3.8) is 0 Å². The summed E-state index contributed by atoms with van der Waals surface area (Å²) in [7, 11) is 0. The first-order valence-electron chi connectivity index (χ1n) is 8.75. The zero-order valence-electron chi connectivity index (χ0n) is 14.2. The maximum absolute atomic E-state index is 12.4. The Morgan fingerprint density at radius 3 is 2.79 bits per heavy atom. The Hall–Kier alpha value is -2.06. The van der Waals surface area contributed by atoms with Gasteiger partial charge >= 0.3 is 0 Å². The van der Waals surface area contributed by atoms with Gasteiger partial charge in [-0.3, -0.25) is 9.69 Å². The Morgan fingerprint density at radius 1 is 1.38 bits per heavy atom. The van der Waals surface area contributed by atoms with Gasteiger partial charge in [0.25, 0.3) is 0 Å². The quantitative estimate of drug-likeness (QED) is 0.835. The molecule has 2 atom stereocenters. The molecular weight excluding hydrogens is 302 g/mol. The molecule has 2 fully saturated rings. The van der Waals surface area contributed by atoms with Crippen molar-refractivity contribution >= 4 is 5.91 Å². The molecule has 1 aromatic carbocycles. The first-order chi connectivity index (χ1) is 11.6. The smallest absolute Gasteiger partial charge is 0.235 e.